The zero-order valence-electron chi connectivity index (χ0n) is 14.2. The summed E-state index contributed by atoms with van der Waals surface area (Å²) >= 11 is 6.06. The second kappa shape index (κ2) is 6.98. The van der Waals surface area contributed by atoms with Crippen LogP contribution in [0.5, 0.6) is 5.75 Å². The van der Waals surface area contributed by atoms with Gasteiger partial charge in [-0.15, -0.1) is 0 Å². The molecule has 25 heavy (non-hydrogen) atoms. The van der Waals surface area contributed by atoms with Crippen molar-refractivity contribution in [1.29, 1.82) is 0 Å². The fourth-order valence-electron chi connectivity index (χ4n) is 3.33. The van der Waals surface area contributed by atoms with Crippen LogP contribution in [0.25, 0.3) is 11.0 Å². The lowest BCUT2D eigenvalue weighted by atomic mass is 10.0. The van der Waals surface area contributed by atoms with Crippen molar-refractivity contribution in [3.8, 4) is 5.75 Å². The predicted octanol–water partition coefficient (Wildman–Crippen LogP) is 3.89. The third-order valence-electron chi connectivity index (χ3n) is 4.74. The number of rotatable bonds is 4. The number of halogens is 1. The summed E-state index contributed by atoms with van der Waals surface area (Å²) in [6, 6.07) is 12.4. The Hall–Kier alpha value is -2.17. The van der Waals surface area contributed by atoms with E-state index in [4.69, 9.17) is 21.3 Å². The van der Waals surface area contributed by atoms with Crippen molar-refractivity contribution in [2.45, 2.75) is 19.4 Å². The average molecular weight is 354 g/mol. The molecular weight excluding hydrogens is 334 g/mol. The molecule has 1 aromatic carbocycles. The minimum Gasteiger partial charge on any atom is -0.497 e. The summed E-state index contributed by atoms with van der Waals surface area (Å²) in [4.78, 5) is 11.5. The molecule has 0 aliphatic carbocycles. The summed E-state index contributed by atoms with van der Waals surface area (Å²) in [5.41, 5.74) is 4.58. The van der Waals surface area contributed by atoms with Crippen LogP contribution in [0.3, 0.4) is 0 Å². The van der Waals surface area contributed by atoms with Gasteiger partial charge in [0.15, 0.2) is 5.65 Å². The molecule has 5 heteroatoms. The molecule has 3 heterocycles. The second-order valence-electron chi connectivity index (χ2n) is 6.42. The van der Waals surface area contributed by atoms with Gasteiger partial charge < -0.3 is 4.74 Å². The number of fused-ring (bicyclic) bond motifs is 2. The summed E-state index contributed by atoms with van der Waals surface area (Å²) < 4.78 is 5.21. The second-order valence-corrected chi connectivity index (χ2v) is 6.86. The highest BCUT2D eigenvalue weighted by Crippen LogP contribution is 2.23. The van der Waals surface area contributed by atoms with Gasteiger partial charge >= 0.3 is 0 Å². The van der Waals surface area contributed by atoms with Crippen LogP contribution in [0.2, 0.25) is 5.02 Å². The maximum absolute atomic E-state index is 6.06. The number of hydrogen-bond acceptors (Lipinski definition) is 4. The maximum atomic E-state index is 6.06. The summed E-state index contributed by atoms with van der Waals surface area (Å²) in [6.07, 6.45) is 3.67. The van der Waals surface area contributed by atoms with Crippen molar-refractivity contribution in [3.63, 3.8) is 0 Å². The molecule has 4 nitrogen and oxygen atoms in total. The van der Waals surface area contributed by atoms with E-state index in [9.17, 15) is 0 Å². The van der Waals surface area contributed by atoms with Crippen molar-refractivity contribution >= 4 is 22.6 Å². The summed E-state index contributed by atoms with van der Waals surface area (Å²) in [7, 11) is 1.70. The number of ether oxygens (including phenoxy) is 1. The summed E-state index contributed by atoms with van der Waals surface area (Å²) in [6.45, 7) is 3.01. The van der Waals surface area contributed by atoms with E-state index in [0.717, 1.165) is 49.3 Å². The van der Waals surface area contributed by atoms with Gasteiger partial charge in [0.25, 0.3) is 0 Å². The van der Waals surface area contributed by atoms with Crippen LogP contribution in [-0.2, 0) is 19.4 Å². The lowest BCUT2D eigenvalue weighted by Crippen LogP contribution is -2.32. The predicted molar refractivity (Wildman–Crippen MR) is 100 cm³/mol. The molecule has 1 aliphatic heterocycles. The highest BCUT2D eigenvalue weighted by atomic mass is 35.5. The van der Waals surface area contributed by atoms with Gasteiger partial charge in [0.1, 0.15) is 5.75 Å². The molecule has 0 atom stereocenters. The first-order valence-electron chi connectivity index (χ1n) is 8.50. The van der Waals surface area contributed by atoms with Crippen molar-refractivity contribution < 1.29 is 4.74 Å². The smallest absolute Gasteiger partial charge is 0.159 e. The Labute approximate surface area is 152 Å². The topological polar surface area (TPSA) is 38.2 Å². The molecular formula is C20H20ClN3O. The molecule has 0 unspecified atom stereocenters. The van der Waals surface area contributed by atoms with E-state index in [1.807, 2.05) is 18.2 Å². The lowest BCUT2D eigenvalue weighted by molar-refractivity contribution is 0.255. The molecule has 0 saturated heterocycles. The first-order valence-corrected chi connectivity index (χ1v) is 8.88. The van der Waals surface area contributed by atoms with Crippen LogP contribution < -0.4 is 4.74 Å². The number of methoxy groups -OCH3 is 1. The van der Waals surface area contributed by atoms with Crippen molar-refractivity contribution in [2.75, 3.05) is 20.2 Å². The normalized spacial score (nSPS) is 14.5. The van der Waals surface area contributed by atoms with E-state index in [1.165, 1.54) is 16.8 Å². The molecule has 0 N–H and O–H groups in total. The number of nitrogens with zero attached hydrogens (tertiary/aromatic N) is 3. The average Bonchev–Trinajstić information content (AvgIpc) is 2.65. The van der Waals surface area contributed by atoms with Gasteiger partial charge in [0, 0.05) is 43.3 Å². The number of hydrogen-bond donors (Lipinski definition) is 0. The summed E-state index contributed by atoms with van der Waals surface area (Å²) in [5, 5.41) is 1.67. The largest absolute Gasteiger partial charge is 0.497 e. The van der Waals surface area contributed by atoms with Crippen molar-refractivity contribution in [1.82, 2.24) is 14.9 Å². The SMILES string of the molecule is COc1ccc(CCN2CCc3nc4ncc(Cl)cc4cc3C2)cc1. The number of aromatic nitrogens is 2. The third kappa shape index (κ3) is 3.60. The van der Waals surface area contributed by atoms with Gasteiger partial charge in [-0.2, -0.15) is 0 Å². The van der Waals surface area contributed by atoms with Gasteiger partial charge in [-0.05, 0) is 41.8 Å². The fraction of sp³-hybridized carbons (Fsp3) is 0.300. The first kappa shape index (κ1) is 16.3. The quantitative estimate of drug-likeness (QED) is 0.713. The van der Waals surface area contributed by atoms with E-state index in [0.29, 0.717) is 5.02 Å². The van der Waals surface area contributed by atoms with Crippen molar-refractivity contribution in [3.05, 3.63) is 64.4 Å². The van der Waals surface area contributed by atoms with Crippen LogP contribution >= 0.6 is 11.6 Å². The zero-order chi connectivity index (χ0) is 17.2. The van der Waals surface area contributed by atoms with Gasteiger partial charge in [0.2, 0.25) is 0 Å². The Morgan fingerprint density at radius 2 is 2.04 bits per heavy atom. The maximum Gasteiger partial charge on any atom is 0.159 e. The molecule has 0 radical (unpaired) electrons. The molecule has 1 aliphatic rings. The highest BCUT2D eigenvalue weighted by Gasteiger charge is 2.18. The van der Waals surface area contributed by atoms with E-state index in [1.54, 1.807) is 13.3 Å². The Bertz CT molecular complexity index is 895. The molecule has 128 valence electrons. The van der Waals surface area contributed by atoms with Crippen LogP contribution in [-0.4, -0.2) is 35.1 Å². The van der Waals surface area contributed by atoms with Gasteiger partial charge in [-0.25, -0.2) is 9.97 Å². The minimum atomic E-state index is 0.654. The minimum absolute atomic E-state index is 0.654. The van der Waals surface area contributed by atoms with Gasteiger partial charge in [-0.1, -0.05) is 23.7 Å². The zero-order valence-corrected chi connectivity index (χ0v) is 15.0. The van der Waals surface area contributed by atoms with Crippen molar-refractivity contribution in [2.24, 2.45) is 0 Å². The standard InChI is InChI=1S/C20H20ClN3O/c1-25-18-4-2-14(3-5-18)6-8-24-9-7-19-16(13-24)10-15-11-17(21)12-22-20(15)23-19/h2-5,10-12H,6-9,13H2,1H3. The highest BCUT2D eigenvalue weighted by molar-refractivity contribution is 6.31. The van der Waals surface area contributed by atoms with Gasteiger partial charge in [0.05, 0.1) is 12.1 Å². The molecule has 2 aromatic heterocycles. The first-order chi connectivity index (χ1) is 12.2. The molecule has 0 bridgehead atoms. The fourth-order valence-corrected chi connectivity index (χ4v) is 3.49. The monoisotopic (exact) mass is 353 g/mol. The van der Waals surface area contributed by atoms with E-state index in [-0.39, 0.29) is 0 Å². The third-order valence-corrected chi connectivity index (χ3v) is 4.94. The molecule has 0 saturated carbocycles. The van der Waals surface area contributed by atoms with Gasteiger partial charge in [-0.3, -0.25) is 4.90 Å². The molecule has 0 fully saturated rings. The Morgan fingerprint density at radius 1 is 1.20 bits per heavy atom. The van der Waals surface area contributed by atoms with E-state index in [2.05, 4.69) is 28.1 Å². The Morgan fingerprint density at radius 3 is 2.84 bits per heavy atom. The Balaban J connectivity index is 1.46. The van der Waals surface area contributed by atoms with Crippen LogP contribution in [0.4, 0.5) is 0 Å². The van der Waals surface area contributed by atoms with Crippen LogP contribution in [0.1, 0.15) is 16.8 Å². The Kier molecular flexibility index (Phi) is 4.55. The van der Waals surface area contributed by atoms with Crippen LogP contribution in [0, 0.1) is 0 Å². The summed E-state index contributed by atoms with van der Waals surface area (Å²) in [5.74, 6) is 0.904. The molecule has 0 spiro atoms. The molecule has 3 aromatic rings. The van der Waals surface area contributed by atoms with E-state index >= 15 is 0 Å². The number of benzene rings is 1. The number of pyridine rings is 2. The molecule has 0 amide bonds. The molecule has 4 rings (SSSR count). The van der Waals surface area contributed by atoms with E-state index < -0.39 is 0 Å². The van der Waals surface area contributed by atoms with Crippen LogP contribution in [0.15, 0.2) is 42.6 Å². The lowest BCUT2D eigenvalue weighted by Gasteiger charge is -2.28.